The number of hydrogen-bond donors (Lipinski definition) is 3. The number of likely N-dealkylation sites (tertiary alicyclic amines) is 2. The van der Waals surface area contributed by atoms with Gasteiger partial charge in [0.15, 0.2) is 0 Å². The van der Waals surface area contributed by atoms with Gasteiger partial charge in [-0.05, 0) is 52.3 Å². The molecule has 220 valence electrons. The van der Waals surface area contributed by atoms with Gasteiger partial charge in [-0.1, -0.05) is 38.8 Å². The van der Waals surface area contributed by atoms with Gasteiger partial charge in [-0.15, -0.1) is 12.8 Å². The first kappa shape index (κ1) is 34.5. The minimum atomic E-state index is -1.51. The average Bonchev–Trinajstić information content (AvgIpc) is 2.94. The molecule has 10 nitrogen and oxygen atoms in total. The van der Waals surface area contributed by atoms with Crippen LogP contribution in [-0.4, -0.2) is 92.5 Å². The Kier molecular flexibility index (Phi) is 13.7. The van der Waals surface area contributed by atoms with Crippen molar-refractivity contribution >= 4 is 24.1 Å². The number of aliphatic carboxylic acids is 3. The lowest BCUT2D eigenvalue weighted by Crippen LogP contribution is -2.75. The van der Waals surface area contributed by atoms with Crippen LogP contribution in [0.2, 0.25) is 0 Å². The highest BCUT2D eigenvalue weighted by Gasteiger charge is 2.67. The summed E-state index contributed by atoms with van der Waals surface area (Å²) in [6.07, 6.45) is 17.3. The van der Waals surface area contributed by atoms with Crippen molar-refractivity contribution in [3.8, 4) is 12.8 Å². The lowest BCUT2D eigenvalue weighted by molar-refractivity contribution is -0.200. The highest BCUT2D eigenvalue weighted by molar-refractivity contribution is 5.83. The Hall–Kier alpha value is -3.55. The number of hydrogen-bond acceptors (Lipinski definition) is 7. The summed E-state index contributed by atoms with van der Waals surface area (Å²) >= 11 is 0. The molecule has 0 spiro atoms. The van der Waals surface area contributed by atoms with Gasteiger partial charge in [-0.2, -0.15) is 0 Å². The van der Waals surface area contributed by atoms with Crippen LogP contribution in [0.3, 0.4) is 0 Å². The molecule has 0 radical (unpaired) electrons. The minimum Gasteiger partial charge on any atom is -0.481 e. The van der Waals surface area contributed by atoms with E-state index in [0.717, 1.165) is 6.42 Å². The average molecular weight is 557 g/mol. The number of carboxylic acid groups (broad SMARTS) is 3. The van der Waals surface area contributed by atoms with E-state index < -0.39 is 46.9 Å². The summed E-state index contributed by atoms with van der Waals surface area (Å²) in [5, 5.41) is 30.8. The Morgan fingerprint density at radius 2 is 1.65 bits per heavy atom. The summed E-state index contributed by atoms with van der Waals surface area (Å²) < 4.78 is 0. The molecule has 2 fully saturated rings. The number of aliphatic imine (C=N–C) groups is 1. The molecule has 0 aromatic carbocycles. The van der Waals surface area contributed by atoms with Crippen LogP contribution in [0.1, 0.15) is 59.8 Å². The monoisotopic (exact) mass is 556 g/mol. The molecule has 1 aromatic heterocycles. The van der Waals surface area contributed by atoms with E-state index in [1.807, 2.05) is 43.0 Å². The van der Waals surface area contributed by atoms with E-state index in [-0.39, 0.29) is 19.5 Å². The van der Waals surface area contributed by atoms with E-state index in [0.29, 0.717) is 25.0 Å². The third-order valence-corrected chi connectivity index (χ3v) is 7.89. The molecule has 0 saturated carbocycles. The van der Waals surface area contributed by atoms with Gasteiger partial charge >= 0.3 is 17.9 Å². The van der Waals surface area contributed by atoms with Crippen LogP contribution in [0.4, 0.5) is 0 Å². The standard InChI is InChI=1S/C23H37N3O6.C5H5N.C2H2/c1-6-9-11-17(19(27)28)26-13-22(20(29)30)12-23(14-26,21(31)32)18(25(5)15(22)4)16(10-7-2)24-8-3;1-2-4-6-5-3-1;1-2/h8,10,15,17-18H,6-7,9,11-14H2,1-5H3,(H,27,28)(H,29,30)(H,31,32);1-5H;1-2H/b16-10-,24-8?;;/t15-,17?,18+,22?,23?;;/m0../s1. The number of fused-ring (bicyclic) bond motifs is 2. The predicted molar refractivity (Wildman–Crippen MR) is 155 cm³/mol. The minimum absolute atomic E-state index is 0.000141. The summed E-state index contributed by atoms with van der Waals surface area (Å²) in [5.41, 5.74) is -2.34. The van der Waals surface area contributed by atoms with E-state index in [1.54, 1.807) is 44.4 Å². The number of likely N-dealkylation sites (N-methyl/N-ethyl adjacent to an activating group) is 1. The van der Waals surface area contributed by atoms with Crippen molar-refractivity contribution < 1.29 is 29.7 Å². The number of aromatic nitrogens is 1. The highest BCUT2D eigenvalue weighted by Crippen LogP contribution is 2.54. The molecule has 3 unspecified atom stereocenters. The van der Waals surface area contributed by atoms with Crippen molar-refractivity contribution in [2.24, 2.45) is 15.8 Å². The molecule has 3 heterocycles. The third-order valence-electron chi connectivity index (χ3n) is 7.89. The second kappa shape index (κ2) is 15.9. The number of unbranched alkanes of at least 4 members (excludes halogenated alkanes) is 1. The lowest BCUT2D eigenvalue weighted by atomic mass is 9.56. The molecule has 2 aliphatic rings. The Bertz CT molecular complexity index is 1030. The largest absolute Gasteiger partial charge is 0.481 e. The highest BCUT2D eigenvalue weighted by atomic mass is 16.4. The molecular formula is C30H44N4O6. The van der Waals surface area contributed by atoms with Gasteiger partial charge in [0.1, 0.15) is 11.5 Å². The number of terminal acetylenes is 1. The number of pyridine rings is 1. The van der Waals surface area contributed by atoms with Crippen molar-refractivity contribution in [2.75, 3.05) is 20.1 Å². The molecule has 40 heavy (non-hydrogen) atoms. The molecule has 2 aliphatic heterocycles. The van der Waals surface area contributed by atoms with Crippen LogP contribution in [-0.2, 0) is 14.4 Å². The Labute approximate surface area is 237 Å². The van der Waals surface area contributed by atoms with Gasteiger partial charge in [-0.25, -0.2) is 0 Å². The van der Waals surface area contributed by atoms with Gasteiger partial charge in [0.05, 0.1) is 17.2 Å². The molecule has 5 atom stereocenters. The first-order chi connectivity index (χ1) is 19.0. The Morgan fingerprint density at radius 1 is 1.07 bits per heavy atom. The van der Waals surface area contributed by atoms with E-state index >= 15 is 0 Å². The number of piperidine rings is 2. The normalized spacial score (nSPS) is 27.4. The molecular weight excluding hydrogens is 512 g/mol. The quantitative estimate of drug-likeness (QED) is 0.289. The molecule has 0 aliphatic carbocycles. The van der Waals surface area contributed by atoms with Crippen LogP contribution in [0, 0.1) is 23.7 Å². The Morgan fingerprint density at radius 3 is 2.05 bits per heavy atom. The van der Waals surface area contributed by atoms with Crippen LogP contribution < -0.4 is 0 Å². The SMILES string of the molecule is C#C.CC=N/C(=C\CC)[C@H]1N(C)[C@@H](C)C2(C(=O)O)CN(C(CCCC)C(=O)O)CC1(C(=O)O)C2.c1ccncc1. The number of carboxylic acids is 3. The first-order valence-electron chi connectivity index (χ1n) is 13.5. The van der Waals surface area contributed by atoms with Gasteiger partial charge in [-0.3, -0.25) is 34.2 Å². The van der Waals surface area contributed by atoms with Gasteiger partial charge in [0, 0.05) is 37.7 Å². The van der Waals surface area contributed by atoms with Crippen LogP contribution in [0.25, 0.3) is 0 Å². The molecule has 0 amide bonds. The third kappa shape index (κ3) is 7.34. The maximum atomic E-state index is 12.9. The first-order valence-corrected chi connectivity index (χ1v) is 13.5. The number of rotatable bonds is 10. The smallest absolute Gasteiger partial charge is 0.320 e. The summed E-state index contributed by atoms with van der Waals surface area (Å²) in [6, 6.07) is 3.58. The molecule has 2 saturated heterocycles. The molecule has 1 aromatic rings. The maximum Gasteiger partial charge on any atom is 0.320 e. The zero-order valence-electron chi connectivity index (χ0n) is 24.2. The van der Waals surface area contributed by atoms with Crippen molar-refractivity contribution in [3.63, 3.8) is 0 Å². The zero-order chi connectivity index (χ0) is 30.5. The van der Waals surface area contributed by atoms with Gasteiger partial charge < -0.3 is 15.3 Å². The summed E-state index contributed by atoms with van der Waals surface area (Å²) in [7, 11) is 1.75. The van der Waals surface area contributed by atoms with Crippen LogP contribution >= 0.6 is 0 Å². The summed E-state index contributed by atoms with van der Waals surface area (Å²) in [6.45, 7) is 7.39. The van der Waals surface area contributed by atoms with Crippen molar-refractivity contribution in [1.29, 1.82) is 0 Å². The molecule has 3 N–H and O–H groups in total. The van der Waals surface area contributed by atoms with E-state index in [4.69, 9.17) is 0 Å². The van der Waals surface area contributed by atoms with Crippen molar-refractivity contribution in [2.45, 2.75) is 77.9 Å². The van der Waals surface area contributed by atoms with E-state index in [9.17, 15) is 29.7 Å². The van der Waals surface area contributed by atoms with Gasteiger partial charge in [0.2, 0.25) is 0 Å². The maximum absolute atomic E-state index is 12.9. The lowest BCUT2D eigenvalue weighted by Gasteiger charge is -2.62. The topological polar surface area (TPSA) is 144 Å². The molecule has 10 heteroatoms. The van der Waals surface area contributed by atoms with Crippen molar-refractivity contribution in [3.05, 3.63) is 42.4 Å². The fourth-order valence-corrected chi connectivity index (χ4v) is 5.98. The number of nitrogens with zero attached hydrogens (tertiary/aromatic N) is 4. The van der Waals surface area contributed by atoms with Crippen molar-refractivity contribution in [1.82, 2.24) is 14.8 Å². The van der Waals surface area contributed by atoms with Crippen LogP contribution in [0.5, 0.6) is 0 Å². The Balaban J connectivity index is 0.000000866. The van der Waals surface area contributed by atoms with Crippen LogP contribution in [0.15, 0.2) is 47.4 Å². The van der Waals surface area contributed by atoms with E-state index in [1.165, 1.54) is 0 Å². The zero-order valence-corrected chi connectivity index (χ0v) is 24.2. The number of carbonyl (C=O) groups is 3. The fourth-order valence-electron chi connectivity index (χ4n) is 5.98. The predicted octanol–water partition coefficient (Wildman–Crippen LogP) is 3.90. The molecule has 3 rings (SSSR count). The summed E-state index contributed by atoms with van der Waals surface area (Å²) in [4.78, 5) is 49.4. The molecule has 2 bridgehead atoms. The number of allylic oxidation sites excluding steroid dienone is 1. The fraction of sp³-hybridized carbons (Fsp3) is 0.567. The second-order valence-corrected chi connectivity index (χ2v) is 10.2. The van der Waals surface area contributed by atoms with Gasteiger partial charge in [0.25, 0.3) is 0 Å². The van der Waals surface area contributed by atoms with E-state index in [2.05, 4.69) is 22.8 Å². The second-order valence-electron chi connectivity index (χ2n) is 10.2. The summed E-state index contributed by atoms with van der Waals surface area (Å²) in [5.74, 6) is -3.26.